The van der Waals surface area contributed by atoms with E-state index in [0.717, 1.165) is 17.0 Å². The van der Waals surface area contributed by atoms with E-state index in [-0.39, 0.29) is 23.0 Å². The van der Waals surface area contributed by atoms with Crippen LogP contribution in [0, 0.1) is 0 Å². The highest BCUT2D eigenvalue weighted by Gasteiger charge is 2.13. The summed E-state index contributed by atoms with van der Waals surface area (Å²) in [6.07, 6.45) is 2.46. The van der Waals surface area contributed by atoms with Crippen molar-refractivity contribution in [1.29, 1.82) is 0 Å². The molecule has 1 aromatic carbocycles. The number of hydrogen-bond donors (Lipinski definition) is 2. The molecule has 1 aliphatic heterocycles. The highest BCUT2D eigenvalue weighted by molar-refractivity contribution is 6.18. The van der Waals surface area contributed by atoms with Crippen LogP contribution in [0.15, 0.2) is 41.1 Å². The van der Waals surface area contributed by atoms with Gasteiger partial charge in [-0.15, -0.1) is 0 Å². The molecule has 1 aliphatic rings. The van der Waals surface area contributed by atoms with Crippen molar-refractivity contribution >= 4 is 28.9 Å². The summed E-state index contributed by atoms with van der Waals surface area (Å²) in [5.74, 6) is -0.624. The van der Waals surface area contributed by atoms with Crippen molar-refractivity contribution in [1.82, 2.24) is 5.43 Å². The fourth-order valence-electron chi connectivity index (χ4n) is 2.05. The number of amides is 1. The van der Waals surface area contributed by atoms with E-state index in [1.807, 2.05) is 24.3 Å². The predicted molar refractivity (Wildman–Crippen MR) is 83.4 cm³/mol. The third-order valence-corrected chi connectivity index (χ3v) is 3.26. The molecule has 2 N–H and O–H groups in total. The van der Waals surface area contributed by atoms with Gasteiger partial charge in [-0.05, 0) is 31.5 Å². The van der Waals surface area contributed by atoms with Crippen molar-refractivity contribution in [3.8, 4) is 0 Å². The molecule has 2 rings (SSSR count). The third kappa shape index (κ3) is 3.88. The first-order valence-electron chi connectivity index (χ1n) is 6.92. The number of rotatable bonds is 5. The first kappa shape index (κ1) is 15.6. The number of anilines is 1. The number of Topliss-reactive ketones (excluding diaryl/α,β-unsaturated/α-hetero) is 2. The Balaban J connectivity index is 2.09. The Hall–Kier alpha value is -2.76. The monoisotopic (exact) mass is 299 g/mol. The summed E-state index contributed by atoms with van der Waals surface area (Å²) >= 11 is 0. The van der Waals surface area contributed by atoms with Crippen LogP contribution in [0.1, 0.15) is 32.3 Å². The number of benzene rings is 1. The lowest BCUT2D eigenvalue weighted by atomic mass is 10.0. The molecule has 0 fully saturated rings. The number of ketones is 2. The van der Waals surface area contributed by atoms with Crippen LogP contribution in [0.4, 0.5) is 5.69 Å². The summed E-state index contributed by atoms with van der Waals surface area (Å²) in [4.78, 5) is 33.7. The number of allylic oxidation sites excluding steroid dienone is 1. The second-order valence-corrected chi connectivity index (χ2v) is 4.99. The molecule has 0 saturated heterocycles. The molecular formula is C16H17N3O3. The van der Waals surface area contributed by atoms with E-state index in [1.165, 1.54) is 20.0 Å². The molecule has 0 saturated carbocycles. The Morgan fingerprint density at radius 1 is 1.14 bits per heavy atom. The van der Waals surface area contributed by atoms with Gasteiger partial charge in [0.25, 0.3) is 0 Å². The molecule has 1 aromatic rings. The Morgan fingerprint density at radius 3 is 2.27 bits per heavy atom. The molecule has 22 heavy (non-hydrogen) atoms. The maximum atomic E-state index is 11.3. The lowest BCUT2D eigenvalue weighted by Gasteiger charge is -2.12. The van der Waals surface area contributed by atoms with Crippen LogP contribution >= 0.6 is 0 Å². The zero-order chi connectivity index (χ0) is 16.1. The van der Waals surface area contributed by atoms with E-state index in [2.05, 4.69) is 15.8 Å². The Labute approximate surface area is 128 Å². The molecule has 0 bridgehead atoms. The van der Waals surface area contributed by atoms with Gasteiger partial charge >= 0.3 is 0 Å². The Morgan fingerprint density at radius 2 is 1.77 bits per heavy atom. The molecule has 1 amide bonds. The minimum atomic E-state index is -0.274. The summed E-state index contributed by atoms with van der Waals surface area (Å²) < 4.78 is 0. The van der Waals surface area contributed by atoms with Crippen LogP contribution < -0.4 is 10.7 Å². The second-order valence-electron chi connectivity index (χ2n) is 4.99. The number of nitrogens with zero attached hydrogens (tertiary/aromatic N) is 1. The van der Waals surface area contributed by atoms with Crippen molar-refractivity contribution in [2.75, 3.05) is 5.32 Å². The zero-order valence-electron chi connectivity index (χ0n) is 12.5. The SMILES string of the molecule is CC(=O)C(=CNc1ccc(C2=NNC(=O)CC2)cc1)C(C)=O. The maximum absolute atomic E-state index is 11.3. The first-order chi connectivity index (χ1) is 10.5. The normalized spacial score (nSPS) is 13.7. The molecule has 6 heteroatoms. The van der Waals surface area contributed by atoms with Gasteiger partial charge in [-0.2, -0.15) is 5.10 Å². The van der Waals surface area contributed by atoms with Gasteiger partial charge in [0.15, 0.2) is 11.6 Å². The molecule has 114 valence electrons. The second kappa shape index (κ2) is 6.80. The minimum absolute atomic E-state index is 0.0758. The summed E-state index contributed by atoms with van der Waals surface area (Å²) in [5.41, 5.74) is 5.09. The fraction of sp³-hybridized carbons (Fsp3) is 0.250. The highest BCUT2D eigenvalue weighted by atomic mass is 16.2. The van der Waals surface area contributed by atoms with E-state index in [0.29, 0.717) is 12.8 Å². The molecular weight excluding hydrogens is 282 g/mol. The Kier molecular flexibility index (Phi) is 4.83. The van der Waals surface area contributed by atoms with Gasteiger partial charge < -0.3 is 5.32 Å². The van der Waals surface area contributed by atoms with Crippen molar-refractivity contribution in [2.45, 2.75) is 26.7 Å². The lowest BCUT2D eigenvalue weighted by Crippen LogP contribution is -2.25. The van der Waals surface area contributed by atoms with Gasteiger partial charge in [0.1, 0.15) is 0 Å². The molecule has 0 unspecified atom stereocenters. The predicted octanol–water partition coefficient (Wildman–Crippen LogP) is 1.77. The van der Waals surface area contributed by atoms with Crippen molar-refractivity contribution in [3.63, 3.8) is 0 Å². The molecule has 0 radical (unpaired) electrons. The van der Waals surface area contributed by atoms with Crippen LogP contribution in [0.3, 0.4) is 0 Å². The quantitative estimate of drug-likeness (QED) is 0.493. The molecule has 1 heterocycles. The van der Waals surface area contributed by atoms with Crippen LogP contribution in [-0.4, -0.2) is 23.2 Å². The van der Waals surface area contributed by atoms with E-state index in [9.17, 15) is 14.4 Å². The van der Waals surface area contributed by atoms with Crippen molar-refractivity contribution < 1.29 is 14.4 Å². The average molecular weight is 299 g/mol. The standard InChI is InChI=1S/C16H17N3O3/c1-10(20)14(11(2)21)9-17-13-5-3-12(4-6-13)15-7-8-16(22)19-18-15/h3-6,9,17H,7-8H2,1-2H3,(H,19,22). The van der Waals surface area contributed by atoms with Gasteiger partial charge in [0.05, 0.1) is 11.3 Å². The zero-order valence-corrected chi connectivity index (χ0v) is 12.5. The average Bonchev–Trinajstić information content (AvgIpc) is 2.48. The summed E-state index contributed by atoms with van der Waals surface area (Å²) in [6.45, 7) is 2.71. The smallest absolute Gasteiger partial charge is 0.240 e. The maximum Gasteiger partial charge on any atom is 0.240 e. The fourth-order valence-corrected chi connectivity index (χ4v) is 2.05. The lowest BCUT2D eigenvalue weighted by molar-refractivity contribution is -0.121. The van der Waals surface area contributed by atoms with Gasteiger partial charge in [-0.25, -0.2) is 5.43 Å². The number of nitrogens with one attached hydrogen (secondary N) is 2. The van der Waals surface area contributed by atoms with Crippen molar-refractivity contribution in [2.24, 2.45) is 5.10 Å². The summed E-state index contributed by atoms with van der Waals surface area (Å²) in [6, 6.07) is 7.38. The van der Waals surface area contributed by atoms with E-state index < -0.39 is 0 Å². The molecule has 6 nitrogen and oxygen atoms in total. The summed E-state index contributed by atoms with van der Waals surface area (Å²) in [7, 11) is 0. The van der Waals surface area contributed by atoms with Gasteiger partial charge in [0, 0.05) is 24.7 Å². The van der Waals surface area contributed by atoms with E-state index in [4.69, 9.17) is 0 Å². The van der Waals surface area contributed by atoms with Crippen LogP contribution in [-0.2, 0) is 14.4 Å². The molecule has 0 spiro atoms. The number of carbonyl (C=O) groups excluding carboxylic acids is 3. The number of carbonyl (C=O) groups is 3. The number of hydrazone groups is 1. The minimum Gasteiger partial charge on any atom is -0.361 e. The number of hydrogen-bond acceptors (Lipinski definition) is 5. The third-order valence-electron chi connectivity index (χ3n) is 3.26. The van der Waals surface area contributed by atoms with Crippen LogP contribution in [0.25, 0.3) is 0 Å². The summed E-state index contributed by atoms with van der Waals surface area (Å²) in [5, 5.41) is 6.96. The largest absolute Gasteiger partial charge is 0.361 e. The van der Waals surface area contributed by atoms with E-state index in [1.54, 1.807) is 0 Å². The topological polar surface area (TPSA) is 87.6 Å². The van der Waals surface area contributed by atoms with Gasteiger partial charge in [-0.1, -0.05) is 12.1 Å². The Bertz CT molecular complexity index is 656. The highest BCUT2D eigenvalue weighted by Crippen LogP contribution is 2.14. The molecule has 0 aromatic heterocycles. The van der Waals surface area contributed by atoms with E-state index >= 15 is 0 Å². The molecule has 0 atom stereocenters. The van der Waals surface area contributed by atoms with Crippen molar-refractivity contribution in [3.05, 3.63) is 41.6 Å². The first-order valence-corrected chi connectivity index (χ1v) is 6.92. The molecule has 0 aliphatic carbocycles. The van der Waals surface area contributed by atoms with Gasteiger partial charge in [-0.3, -0.25) is 14.4 Å². The van der Waals surface area contributed by atoms with Crippen LogP contribution in [0.2, 0.25) is 0 Å². The van der Waals surface area contributed by atoms with Gasteiger partial charge in [0.2, 0.25) is 5.91 Å². The van der Waals surface area contributed by atoms with Crippen LogP contribution in [0.5, 0.6) is 0 Å².